The topological polar surface area (TPSA) is 9.23 Å². The predicted molar refractivity (Wildman–Crippen MR) is 57.6 cm³/mol. The summed E-state index contributed by atoms with van der Waals surface area (Å²) in [4.78, 5) is 1.13. The number of hydrogen-bond acceptors (Lipinski definition) is 1. The average molecular weight is 295 g/mol. The first-order valence-corrected chi connectivity index (χ1v) is 6.50. The van der Waals surface area contributed by atoms with Gasteiger partial charge in [-0.25, -0.2) is 0 Å². The fourth-order valence-corrected chi connectivity index (χ4v) is 2.55. The van der Waals surface area contributed by atoms with Gasteiger partial charge in [0.15, 0.2) is 0 Å². The van der Waals surface area contributed by atoms with Crippen LogP contribution in [-0.4, -0.2) is 27.7 Å². The van der Waals surface area contributed by atoms with E-state index in [1.54, 1.807) is 24.3 Å². The third kappa shape index (κ3) is 4.29. The summed E-state index contributed by atoms with van der Waals surface area (Å²) in [6.45, 7) is 1.56. The standard InChI is InChI=1S/C11H11F3OSe/c1-2-15-10(11(12,13)14)8-16-9-6-4-3-5-7-9/h3-8H,2H2,1H3/b10-8+. The van der Waals surface area contributed by atoms with Gasteiger partial charge in [0.05, 0.1) is 0 Å². The SMILES string of the molecule is CCO/C(=C/[Se]c1ccccc1)C(F)(F)F. The van der Waals surface area contributed by atoms with E-state index in [0.717, 1.165) is 9.44 Å². The van der Waals surface area contributed by atoms with E-state index < -0.39 is 11.9 Å². The van der Waals surface area contributed by atoms with E-state index in [9.17, 15) is 13.2 Å². The second-order valence-electron chi connectivity index (χ2n) is 2.84. The molecule has 0 amide bonds. The van der Waals surface area contributed by atoms with Crippen molar-refractivity contribution in [3.63, 3.8) is 0 Å². The molecule has 88 valence electrons. The van der Waals surface area contributed by atoms with Gasteiger partial charge in [0.25, 0.3) is 0 Å². The number of benzene rings is 1. The van der Waals surface area contributed by atoms with Crippen molar-refractivity contribution in [3.8, 4) is 0 Å². The first kappa shape index (κ1) is 13.1. The monoisotopic (exact) mass is 296 g/mol. The molecule has 5 heteroatoms. The predicted octanol–water partition coefficient (Wildman–Crippen LogP) is 2.46. The number of rotatable bonds is 4. The second-order valence-corrected chi connectivity index (χ2v) is 4.82. The molecule has 0 aromatic heterocycles. The van der Waals surface area contributed by atoms with Crippen LogP contribution in [-0.2, 0) is 4.74 Å². The Morgan fingerprint density at radius 2 is 1.94 bits per heavy atom. The average Bonchev–Trinajstić information content (AvgIpc) is 2.24. The van der Waals surface area contributed by atoms with Crippen molar-refractivity contribution in [2.75, 3.05) is 6.61 Å². The van der Waals surface area contributed by atoms with E-state index in [1.807, 2.05) is 6.07 Å². The Hall–Kier alpha value is -0.931. The van der Waals surface area contributed by atoms with Crippen molar-refractivity contribution in [2.45, 2.75) is 13.1 Å². The Labute approximate surface area is 98.5 Å². The van der Waals surface area contributed by atoms with E-state index in [0.29, 0.717) is 0 Å². The number of halogens is 3. The van der Waals surface area contributed by atoms with Crippen molar-refractivity contribution < 1.29 is 17.9 Å². The van der Waals surface area contributed by atoms with Crippen LogP contribution < -0.4 is 4.46 Å². The molecule has 1 aromatic carbocycles. The van der Waals surface area contributed by atoms with Crippen molar-refractivity contribution >= 4 is 19.4 Å². The Morgan fingerprint density at radius 1 is 1.31 bits per heavy atom. The fourth-order valence-electron chi connectivity index (χ4n) is 0.959. The van der Waals surface area contributed by atoms with Crippen LogP contribution in [0.2, 0.25) is 0 Å². The van der Waals surface area contributed by atoms with Crippen molar-refractivity contribution in [1.82, 2.24) is 0 Å². The van der Waals surface area contributed by atoms with Gasteiger partial charge in [0.2, 0.25) is 0 Å². The summed E-state index contributed by atoms with van der Waals surface area (Å²) in [5.41, 5.74) is 0. The Bertz CT molecular complexity index is 346. The molecule has 1 rings (SSSR count). The van der Waals surface area contributed by atoms with E-state index in [2.05, 4.69) is 4.74 Å². The van der Waals surface area contributed by atoms with Gasteiger partial charge in [0, 0.05) is 0 Å². The molecule has 0 aliphatic carbocycles. The molecule has 16 heavy (non-hydrogen) atoms. The molecule has 0 unspecified atom stereocenters. The second kappa shape index (κ2) is 5.97. The summed E-state index contributed by atoms with van der Waals surface area (Å²) >= 11 is -0.360. The maximum absolute atomic E-state index is 12.4. The maximum atomic E-state index is 12.4. The van der Waals surface area contributed by atoms with Gasteiger partial charge < -0.3 is 0 Å². The van der Waals surface area contributed by atoms with E-state index in [4.69, 9.17) is 0 Å². The number of ether oxygens (including phenoxy) is 1. The summed E-state index contributed by atoms with van der Waals surface area (Å²) in [5, 5.41) is 0. The van der Waals surface area contributed by atoms with Crippen LogP contribution in [0.3, 0.4) is 0 Å². The van der Waals surface area contributed by atoms with Gasteiger partial charge in [-0.2, -0.15) is 0 Å². The normalized spacial score (nSPS) is 12.6. The van der Waals surface area contributed by atoms with Gasteiger partial charge in [0.1, 0.15) is 0 Å². The van der Waals surface area contributed by atoms with Gasteiger partial charge >= 0.3 is 98.1 Å². The van der Waals surface area contributed by atoms with Crippen LogP contribution in [0.25, 0.3) is 0 Å². The molecular formula is C11H11F3OSe. The van der Waals surface area contributed by atoms with Crippen LogP contribution in [0.1, 0.15) is 6.92 Å². The molecule has 0 fully saturated rings. The molecule has 1 aromatic rings. The molecule has 0 N–H and O–H groups in total. The first-order valence-electron chi connectivity index (χ1n) is 4.66. The number of alkyl halides is 3. The summed E-state index contributed by atoms with van der Waals surface area (Å²) in [7, 11) is 0. The Morgan fingerprint density at radius 3 is 2.44 bits per heavy atom. The molecule has 0 spiro atoms. The van der Waals surface area contributed by atoms with Gasteiger partial charge in [-0.1, -0.05) is 0 Å². The van der Waals surface area contributed by atoms with Crippen LogP contribution in [0.5, 0.6) is 0 Å². The summed E-state index contributed by atoms with van der Waals surface area (Å²) in [6, 6.07) is 9.04. The molecular weight excluding hydrogens is 284 g/mol. The molecule has 0 heterocycles. The zero-order chi connectivity index (χ0) is 12.0. The van der Waals surface area contributed by atoms with Crippen LogP contribution >= 0.6 is 0 Å². The minimum absolute atomic E-state index is 0.0240. The van der Waals surface area contributed by atoms with Gasteiger partial charge in [-0.3, -0.25) is 0 Å². The number of allylic oxidation sites excluding steroid dienone is 1. The van der Waals surface area contributed by atoms with Crippen molar-refractivity contribution in [3.05, 3.63) is 41.1 Å². The first-order chi connectivity index (χ1) is 7.54. The van der Waals surface area contributed by atoms with E-state index >= 15 is 0 Å². The Balaban J connectivity index is 2.73. The van der Waals surface area contributed by atoms with Gasteiger partial charge in [-0.15, -0.1) is 0 Å². The van der Waals surface area contributed by atoms with Crippen LogP contribution in [0.4, 0.5) is 13.2 Å². The number of hydrogen-bond donors (Lipinski definition) is 0. The molecule has 0 saturated carbocycles. The summed E-state index contributed by atoms with van der Waals surface area (Å²) < 4.78 is 42.7. The molecule has 0 saturated heterocycles. The molecule has 1 nitrogen and oxygen atoms in total. The Kier molecular flexibility index (Phi) is 4.90. The third-order valence-electron chi connectivity index (χ3n) is 1.62. The van der Waals surface area contributed by atoms with Crippen molar-refractivity contribution in [1.29, 1.82) is 0 Å². The van der Waals surface area contributed by atoms with E-state index in [-0.39, 0.29) is 21.6 Å². The molecule has 0 aliphatic heterocycles. The van der Waals surface area contributed by atoms with Crippen LogP contribution in [0.15, 0.2) is 41.1 Å². The molecule has 0 aliphatic rings. The zero-order valence-corrected chi connectivity index (χ0v) is 10.3. The van der Waals surface area contributed by atoms with Crippen LogP contribution in [0, 0.1) is 0 Å². The van der Waals surface area contributed by atoms with Crippen molar-refractivity contribution in [2.24, 2.45) is 0 Å². The summed E-state index contributed by atoms with van der Waals surface area (Å²) in [6.07, 6.45) is -4.40. The van der Waals surface area contributed by atoms with Gasteiger partial charge in [-0.05, 0) is 0 Å². The zero-order valence-electron chi connectivity index (χ0n) is 8.62. The fraction of sp³-hybridized carbons (Fsp3) is 0.273. The summed E-state index contributed by atoms with van der Waals surface area (Å²) in [5.74, 6) is -0.890. The molecule has 0 radical (unpaired) electrons. The quantitative estimate of drug-likeness (QED) is 0.612. The molecule has 0 atom stereocenters. The molecule has 0 bridgehead atoms. The minimum atomic E-state index is -4.40. The van der Waals surface area contributed by atoms with E-state index in [1.165, 1.54) is 6.92 Å². The third-order valence-corrected chi connectivity index (χ3v) is 3.46.